The van der Waals surface area contributed by atoms with Crippen molar-refractivity contribution in [2.24, 2.45) is 5.92 Å². The Bertz CT molecular complexity index is 319. The zero-order valence-electron chi connectivity index (χ0n) is 14.9. The average molecular weight is 297 g/mol. The van der Waals surface area contributed by atoms with Crippen LogP contribution in [-0.2, 0) is 4.74 Å². The molecule has 0 amide bonds. The second-order valence-corrected chi connectivity index (χ2v) is 6.94. The Morgan fingerprint density at radius 2 is 1.52 bits per heavy atom. The second-order valence-electron chi connectivity index (χ2n) is 6.94. The second kappa shape index (κ2) is 8.76. The smallest absolute Gasteiger partial charge is 0.0865 e. The summed E-state index contributed by atoms with van der Waals surface area (Å²) in [6.07, 6.45) is 2.19. The predicted octanol–water partition coefficient (Wildman–Crippen LogP) is 2.13. The molecule has 4 heteroatoms. The van der Waals surface area contributed by atoms with E-state index in [2.05, 4.69) is 63.2 Å². The Morgan fingerprint density at radius 1 is 1.00 bits per heavy atom. The normalized spacial score (nSPS) is 21.4. The largest absolute Gasteiger partial charge is 0.377 e. The van der Waals surface area contributed by atoms with Crippen LogP contribution in [0.2, 0.25) is 0 Å². The van der Waals surface area contributed by atoms with Crippen molar-refractivity contribution in [3.8, 4) is 0 Å². The topological polar surface area (TPSA) is 22.2 Å². The summed E-state index contributed by atoms with van der Waals surface area (Å²) in [5.41, 5.74) is 1.13. The van der Waals surface area contributed by atoms with Gasteiger partial charge in [-0.3, -0.25) is 0 Å². The monoisotopic (exact) mass is 297 g/mol. The minimum Gasteiger partial charge on any atom is -0.377 e. The van der Waals surface area contributed by atoms with Gasteiger partial charge < -0.3 is 19.4 Å². The molecular weight excluding hydrogens is 262 g/mol. The molecule has 0 radical (unpaired) electrons. The summed E-state index contributed by atoms with van der Waals surface area (Å²) in [7, 11) is 6.50. The lowest BCUT2D eigenvalue weighted by Crippen LogP contribution is -2.35. The van der Waals surface area contributed by atoms with E-state index in [-0.39, 0.29) is 0 Å². The molecule has 1 rings (SSSR count). The van der Waals surface area contributed by atoms with Crippen LogP contribution in [0.1, 0.15) is 27.2 Å². The van der Waals surface area contributed by atoms with Gasteiger partial charge in [0.15, 0.2) is 0 Å². The van der Waals surface area contributed by atoms with Gasteiger partial charge in [0.05, 0.1) is 12.2 Å². The third-order valence-electron chi connectivity index (χ3n) is 4.41. The summed E-state index contributed by atoms with van der Waals surface area (Å²) in [6.45, 7) is 16.0. The van der Waals surface area contributed by atoms with Gasteiger partial charge in [-0.25, -0.2) is 0 Å². The molecule has 1 aliphatic heterocycles. The molecule has 0 aromatic rings. The van der Waals surface area contributed by atoms with Gasteiger partial charge in [0, 0.05) is 45.5 Å². The van der Waals surface area contributed by atoms with E-state index >= 15 is 0 Å². The van der Waals surface area contributed by atoms with Crippen LogP contribution in [0.25, 0.3) is 0 Å². The maximum absolute atomic E-state index is 5.69. The Balaban J connectivity index is 2.04. The first kappa shape index (κ1) is 18.5. The summed E-state index contributed by atoms with van der Waals surface area (Å²) in [4.78, 5) is 7.01. The molecule has 124 valence electrons. The van der Waals surface area contributed by atoms with Gasteiger partial charge in [0.1, 0.15) is 0 Å². The molecule has 0 N–H and O–H groups in total. The van der Waals surface area contributed by atoms with Crippen LogP contribution in [0.15, 0.2) is 12.3 Å². The molecule has 0 spiro atoms. The minimum atomic E-state index is 0.509. The van der Waals surface area contributed by atoms with Gasteiger partial charge >= 0.3 is 0 Å². The van der Waals surface area contributed by atoms with Crippen molar-refractivity contribution in [1.82, 2.24) is 14.7 Å². The highest BCUT2D eigenvalue weighted by Gasteiger charge is 2.40. The van der Waals surface area contributed by atoms with E-state index in [9.17, 15) is 0 Å². The number of likely N-dealkylation sites (N-methyl/N-ethyl adjacent to an activating group) is 3. The van der Waals surface area contributed by atoms with Crippen molar-refractivity contribution >= 4 is 0 Å². The molecule has 2 unspecified atom stereocenters. The van der Waals surface area contributed by atoms with Gasteiger partial charge in [-0.05, 0) is 33.4 Å². The van der Waals surface area contributed by atoms with Gasteiger partial charge in [0.25, 0.3) is 0 Å². The van der Waals surface area contributed by atoms with Crippen molar-refractivity contribution in [2.75, 3.05) is 53.9 Å². The molecule has 1 fully saturated rings. The first-order chi connectivity index (χ1) is 9.81. The number of ether oxygens (including phenoxy) is 1. The summed E-state index contributed by atoms with van der Waals surface area (Å²) >= 11 is 0. The Morgan fingerprint density at radius 3 is 2.00 bits per heavy atom. The van der Waals surface area contributed by atoms with Crippen molar-refractivity contribution in [2.45, 2.75) is 39.4 Å². The first-order valence-electron chi connectivity index (χ1n) is 8.20. The van der Waals surface area contributed by atoms with E-state index in [1.54, 1.807) is 0 Å². The molecule has 2 atom stereocenters. The third kappa shape index (κ3) is 7.30. The molecule has 1 heterocycles. The van der Waals surface area contributed by atoms with E-state index in [4.69, 9.17) is 4.74 Å². The maximum atomic E-state index is 5.69. The van der Waals surface area contributed by atoms with Crippen LogP contribution in [0.5, 0.6) is 0 Å². The number of allylic oxidation sites excluding steroid dienone is 1. The fourth-order valence-corrected chi connectivity index (χ4v) is 2.40. The lowest BCUT2D eigenvalue weighted by molar-refractivity contribution is 0.233. The summed E-state index contributed by atoms with van der Waals surface area (Å²) in [6, 6.07) is 0. The van der Waals surface area contributed by atoms with Crippen molar-refractivity contribution in [1.29, 1.82) is 0 Å². The van der Waals surface area contributed by atoms with Gasteiger partial charge in [-0.2, -0.15) is 0 Å². The van der Waals surface area contributed by atoms with Crippen LogP contribution in [0, 0.1) is 5.92 Å². The lowest BCUT2D eigenvalue weighted by Gasteiger charge is -2.25. The molecule has 0 aliphatic carbocycles. The fourth-order valence-electron chi connectivity index (χ4n) is 2.40. The SMILES string of the molecule is C=C(C)N(C)CCN(C)CCN(C)CCC1OC1C(C)C. The molecule has 4 nitrogen and oxygen atoms in total. The highest BCUT2D eigenvalue weighted by atomic mass is 16.6. The molecular formula is C17H35N3O. The number of epoxide rings is 1. The van der Waals surface area contributed by atoms with E-state index in [0.717, 1.165) is 38.4 Å². The highest BCUT2D eigenvalue weighted by molar-refractivity contribution is 4.88. The van der Waals surface area contributed by atoms with Crippen molar-refractivity contribution in [3.63, 3.8) is 0 Å². The molecule has 1 aliphatic rings. The zero-order valence-corrected chi connectivity index (χ0v) is 14.9. The number of nitrogens with zero attached hydrogens (tertiary/aromatic N) is 3. The van der Waals surface area contributed by atoms with Gasteiger partial charge in [-0.15, -0.1) is 0 Å². The van der Waals surface area contributed by atoms with Gasteiger partial charge in [-0.1, -0.05) is 20.4 Å². The predicted molar refractivity (Wildman–Crippen MR) is 90.6 cm³/mol. The maximum Gasteiger partial charge on any atom is 0.0865 e. The average Bonchev–Trinajstić information content (AvgIpc) is 3.19. The van der Waals surface area contributed by atoms with E-state index in [0.29, 0.717) is 18.1 Å². The summed E-state index contributed by atoms with van der Waals surface area (Å²) in [5, 5.41) is 0. The summed E-state index contributed by atoms with van der Waals surface area (Å²) < 4.78 is 5.69. The van der Waals surface area contributed by atoms with Crippen molar-refractivity contribution in [3.05, 3.63) is 12.3 Å². The standard InChI is InChI=1S/C17H35N3O/c1-14(2)17-16(21-17)8-9-18(5)10-11-19(6)12-13-20(7)15(3)4/h14,16-17H,3,8-13H2,1-2,4-7H3. The molecule has 0 aromatic carbocycles. The van der Waals surface area contributed by atoms with Crippen LogP contribution in [-0.4, -0.2) is 80.8 Å². The number of hydrogen-bond donors (Lipinski definition) is 0. The van der Waals surface area contributed by atoms with Crippen LogP contribution in [0.4, 0.5) is 0 Å². The highest BCUT2D eigenvalue weighted by Crippen LogP contribution is 2.31. The quantitative estimate of drug-likeness (QED) is 0.545. The summed E-state index contributed by atoms with van der Waals surface area (Å²) in [5.74, 6) is 0.664. The van der Waals surface area contributed by atoms with Crippen LogP contribution < -0.4 is 0 Å². The molecule has 0 aromatic heterocycles. The minimum absolute atomic E-state index is 0.509. The van der Waals surface area contributed by atoms with Crippen molar-refractivity contribution < 1.29 is 4.74 Å². The molecule has 0 saturated carbocycles. The first-order valence-corrected chi connectivity index (χ1v) is 8.20. The Kier molecular flexibility index (Phi) is 7.71. The number of hydrogen-bond acceptors (Lipinski definition) is 4. The fraction of sp³-hybridized carbons (Fsp3) is 0.882. The Labute approximate surface area is 131 Å². The third-order valence-corrected chi connectivity index (χ3v) is 4.41. The lowest BCUT2D eigenvalue weighted by atomic mass is 10.1. The van der Waals surface area contributed by atoms with E-state index in [1.807, 2.05) is 0 Å². The molecule has 1 saturated heterocycles. The zero-order chi connectivity index (χ0) is 16.0. The van der Waals surface area contributed by atoms with Crippen LogP contribution >= 0.6 is 0 Å². The van der Waals surface area contributed by atoms with Crippen LogP contribution in [0.3, 0.4) is 0 Å². The van der Waals surface area contributed by atoms with Gasteiger partial charge in [0.2, 0.25) is 0 Å². The molecule has 0 bridgehead atoms. The molecule has 21 heavy (non-hydrogen) atoms. The van der Waals surface area contributed by atoms with E-state index in [1.165, 1.54) is 6.42 Å². The Hall–Kier alpha value is -0.580. The number of rotatable bonds is 11. The van der Waals surface area contributed by atoms with E-state index < -0.39 is 0 Å².